The molecule has 0 radical (unpaired) electrons. The van der Waals surface area contributed by atoms with Crippen LogP contribution in [0.25, 0.3) is 11.1 Å². The van der Waals surface area contributed by atoms with E-state index < -0.39 is 0 Å². The van der Waals surface area contributed by atoms with E-state index in [2.05, 4.69) is 29.6 Å². The van der Waals surface area contributed by atoms with Crippen LogP contribution in [-0.4, -0.2) is 30.0 Å². The van der Waals surface area contributed by atoms with Gasteiger partial charge in [0, 0.05) is 18.1 Å². The molecule has 4 heteroatoms. The van der Waals surface area contributed by atoms with Crippen LogP contribution in [0, 0.1) is 0 Å². The summed E-state index contributed by atoms with van der Waals surface area (Å²) in [6.07, 6.45) is 2.04. The van der Waals surface area contributed by atoms with Crippen molar-refractivity contribution in [3.63, 3.8) is 0 Å². The molecule has 1 saturated carbocycles. The normalized spacial score (nSPS) is 17.0. The standard InChI is InChI=1S/C20H21NO3/c22-12-11-20(9-10-20)21-19(23)24-13-18-16-7-3-1-5-14(16)15-6-2-4-8-17(15)18/h1-8,18,22H,9-13H2,(H,21,23). The van der Waals surface area contributed by atoms with Gasteiger partial charge in [-0.1, -0.05) is 48.5 Å². The van der Waals surface area contributed by atoms with Gasteiger partial charge in [-0.25, -0.2) is 4.79 Å². The van der Waals surface area contributed by atoms with E-state index in [0.717, 1.165) is 12.8 Å². The van der Waals surface area contributed by atoms with Crippen molar-refractivity contribution < 1.29 is 14.6 Å². The van der Waals surface area contributed by atoms with Crippen molar-refractivity contribution in [1.29, 1.82) is 0 Å². The lowest BCUT2D eigenvalue weighted by molar-refractivity contribution is 0.135. The lowest BCUT2D eigenvalue weighted by atomic mass is 9.98. The van der Waals surface area contributed by atoms with Crippen LogP contribution in [-0.2, 0) is 4.74 Å². The Balaban J connectivity index is 1.48. The Hall–Kier alpha value is -2.33. The number of hydrogen-bond donors (Lipinski definition) is 2. The number of rotatable bonds is 5. The highest BCUT2D eigenvalue weighted by Crippen LogP contribution is 2.44. The zero-order valence-electron chi connectivity index (χ0n) is 13.5. The molecule has 2 aliphatic carbocycles. The summed E-state index contributed by atoms with van der Waals surface area (Å²) >= 11 is 0. The van der Waals surface area contributed by atoms with Crippen molar-refractivity contribution in [3.05, 3.63) is 59.7 Å². The highest BCUT2D eigenvalue weighted by atomic mass is 16.5. The van der Waals surface area contributed by atoms with Gasteiger partial charge in [-0.15, -0.1) is 0 Å². The van der Waals surface area contributed by atoms with Gasteiger partial charge in [0.05, 0.1) is 0 Å². The van der Waals surface area contributed by atoms with Crippen LogP contribution in [0.2, 0.25) is 0 Å². The van der Waals surface area contributed by atoms with E-state index in [-0.39, 0.29) is 24.2 Å². The van der Waals surface area contributed by atoms with Gasteiger partial charge in [0.15, 0.2) is 0 Å². The molecule has 1 fully saturated rings. The summed E-state index contributed by atoms with van der Waals surface area (Å²) in [5.74, 6) is 0.0798. The molecule has 0 aliphatic heterocycles. The molecule has 0 aromatic heterocycles. The zero-order chi connectivity index (χ0) is 16.6. The minimum atomic E-state index is -0.386. The third-order valence-electron chi connectivity index (χ3n) is 5.15. The number of hydrogen-bond acceptors (Lipinski definition) is 3. The van der Waals surface area contributed by atoms with Crippen LogP contribution in [0.3, 0.4) is 0 Å². The number of amides is 1. The monoisotopic (exact) mass is 323 g/mol. The van der Waals surface area contributed by atoms with Crippen LogP contribution in [0.1, 0.15) is 36.3 Å². The maximum atomic E-state index is 12.1. The second-order valence-corrected chi connectivity index (χ2v) is 6.70. The third kappa shape index (κ3) is 2.67. The average molecular weight is 323 g/mol. The SMILES string of the molecule is O=C(NC1(CCO)CC1)OCC1c2ccccc2-c2ccccc21. The minimum absolute atomic E-state index is 0.0798. The molecule has 0 bridgehead atoms. The lowest BCUT2D eigenvalue weighted by Crippen LogP contribution is -2.38. The van der Waals surface area contributed by atoms with Gasteiger partial charge >= 0.3 is 6.09 Å². The first-order valence-electron chi connectivity index (χ1n) is 8.46. The molecule has 124 valence electrons. The van der Waals surface area contributed by atoms with Gasteiger partial charge in [0.25, 0.3) is 0 Å². The molecule has 0 saturated heterocycles. The van der Waals surface area contributed by atoms with Gasteiger partial charge in [-0.3, -0.25) is 0 Å². The largest absolute Gasteiger partial charge is 0.449 e. The molecule has 1 amide bonds. The number of fused-ring (bicyclic) bond motifs is 3. The number of ether oxygens (including phenoxy) is 1. The van der Waals surface area contributed by atoms with Gasteiger partial charge in [0.1, 0.15) is 6.61 Å². The van der Waals surface area contributed by atoms with Crippen LogP contribution in [0.15, 0.2) is 48.5 Å². The van der Waals surface area contributed by atoms with E-state index in [1.54, 1.807) is 0 Å². The van der Waals surface area contributed by atoms with E-state index >= 15 is 0 Å². The second kappa shape index (κ2) is 5.95. The fourth-order valence-corrected chi connectivity index (χ4v) is 3.65. The molecule has 2 N–H and O–H groups in total. The summed E-state index contributed by atoms with van der Waals surface area (Å²) in [6.45, 7) is 0.415. The molecular formula is C20H21NO3. The fourth-order valence-electron chi connectivity index (χ4n) is 3.65. The predicted molar refractivity (Wildman–Crippen MR) is 91.9 cm³/mol. The number of aliphatic hydroxyl groups excluding tert-OH is 1. The van der Waals surface area contributed by atoms with E-state index in [4.69, 9.17) is 9.84 Å². The Labute approximate surface area is 141 Å². The molecule has 2 aliphatic rings. The molecule has 0 heterocycles. The average Bonchev–Trinajstić information content (AvgIpc) is 3.27. The van der Waals surface area contributed by atoms with Crippen LogP contribution in [0.5, 0.6) is 0 Å². The topological polar surface area (TPSA) is 58.6 Å². The van der Waals surface area contributed by atoms with Crippen molar-refractivity contribution in [2.75, 3.05) is 13.2 Å². The summed E-state index contributed by atoms with van der Waals surface area (Å²) in [5, 5.41) is 12.0. The highest BCUT2D eigenvalue weighted by Gasteiger charge is 2.44. The van der Waals surface area contributed by atoms with Crippen LogP contribution < -0.4 is 5.32 Å². The summed E-state index contributed by atoms with van der Waals surface area (Å²) in [5.41, 5.74) is 4.63. The number of aliphatic hydroxyl groups is 1. The summed E-state index contributed by atoms with van der Waals surface area (Å²) in [4.78, 5) is 12.1. The van der Waals surface area contributed by atoms with Gasteiger partial charge < -0.3 is 15.2 Å². The number of carbonyl (C=O) groups is 1. The number of alkyl carbamates (subject to hydrolysis) is 1. The van der Waals surface area contributed by atoms with E-state index in [0.29, 0.717) is 13.0 Å². The zero-order valence-corrected chi connectivity index (χ0v) is 13.5. The number of carbonyl (C=O) groups excluding carboxylic acids is 1. The molecule has 24 heavy (non-hydrogen) atoms. The molecule has 2 aromatic rings. The van der Waals surface area contributed by atoms with E-state index in [9.17, 15) is 4.79 Å². The summed E-state index contributed by atoms with van der Waals surface area (Å²) in [7, 11) is 0. The Kier molecular flexibility index (Phi) is 3.77. The molecular weight excluding hydrogens is 302 g/mol. The Morgan fingerprint density at radius 1 is 1.08 bits per heavy atom. The van der Waals surface area contributed by atoms with Gasteiger partial charge in [0.2, 0.25) is 0 Å². The predicted octanol–water partition coefficient (Wildman–Crippen LogP) is 3.44. The molecule has 0 spiro atoms. The molecule has 0 unspecified atom stereocenters. The molecule has 2 aromatic carbocycles. The summed E-state index contributed by atoms with van der Waals surface area (Å²) < 4.78 is 5.53. The number of benzene rings is 2. The molecule has 4 rings (SSSR count). The smallest absolute Gasteiger partial charge is 0.407 e. The molecule has 4 nitrogen and oxygen atoms in total. The first-order chi connectivity index (χ1) is 11.7. The van der Waals surface area contributed by atoms with Crippen molar-refractivity contribution in [2.24, 2.45) is 0 Å². The maximum Gasteiger partial charge on any atom is 0.407 e. The van der Waals surface area contributed by atoms with Crippen molar-refractivity contribution in [1.82, 2.24) is 5.32 Å². The quantitative estimate of drug-likeness (QED) is 0.886. The van der Waals surface area contributed by atoms with Crippen molar-refractivity contribution >= 4 is 6.09 Å². The minimum Gasteiger partial charge on any atom is -0.449 e. The lowest BCUT2D eigenvalue weighted by Gasteiger charge is -2.18. The van der Waals surface area contributed by atoms with Crippen molar-refractivity contribution in [2.45, 2.75) is 30.7 Å². The van der Waals surface area contributed by atoms with E-state index in [1.807, 2.05) is 24.3 Å². The second-order valence-electron chi connectivity index (χ2n) is 6.70. The summed E-state index contributed by atoms with van der Waals surface area (Å²) in [6, 6.07) is 16.6. The van der Waals surface area contributed by atoms with E-state index in [1.165, 1.54) is 22.3 Å². The van der Waals surface area contributed by atoms with Gasteiger partial charge in [-0.05, 0) is 41.5 Å². The third-order valence-corrected chi connectivity index (χ3v) is 5.15. The highest BCUT2D eigenvalue weighted by molar-refractivity contribution is 5.79. The maximum absolute atomic E-state index is 12.1. The Bertz CT molecular complexity index is 721. The van der Waals surface area contributed by atoms with Crippen LogP contribution in [0.4, 0.5) is 4.79 Å². The van der Waals surface area contributed by atoms with Gasteiger partial charge in [-0.2, -0.15) is 0 Å². The fraction of sp³-hybridized carbons (Fsp3) is 0.350. The van der Waals surface area contributed by atoms with Crippen molar-refractivity contribution in [3.8, 4) is 11.1 Å². The first kappa shape index (κ1) is 15.2. The first-order valence-corrected chi connectivity index (χ1v) is 8.46. The Morgan fingerprint density at radius 3 is 2.21 bits per heavy atom. The Morgan fingerprint density at radius 2 is 1.67 bits per heavy atom. The number of nitrogens with one attached hydrogen (secondary N) is 1. The van der Waals surface area contributed by atoms with Crippen LogP contribution >= 0.6 is 0 Å². The molecule has 0 atom stereocenters.